The van der Waals surface area contributed by atoms with Crippen LogP contribution in [-0.2, 0) is 30.1 Å². The third-order valence-electron chi connectivity index (χ3n) is 3.30. The predicted octanol–water partition coefficient (Wildman–Crippen LogP) is 2.31. The number of benzene rings is 1. The van der Waals surface area contributed by atoms with Crippen molar-refractivity contribution in [1.29, 1.82) is 0 Å². The number of hydrogen-bond donors (Lipinski definition) is 0. The molecule has 0 aromatic heterocycles. The van der Waals surface area contributed by atoms with Crippen molar-refractivity contribution in [3.8, 4) is 5.75 Å². The second-order valence-corrected chi connectivity index (χ2v) is 6.60. The fourth-order valence-electron chi connectivity index (χ4n) is 2.14. The molecule has 0 spiro atoms. The molecule has 0 aliphatic carbocycles. The third kappa shape index (κ3) is 4.05. The van der Waals surface area contributed by atoms with Crippen LogP contribution in [0.5, 0.6) is 5.75 Å². The van der Waals surface area contributed by atoms with Gasteiger partial charge in [-0.3, -0.25) is 0 Å². The largest absolute Gasteiger partial charge is 0.534 e. The van der Waals surface area contributed by atoms with E-state index in [0.29, 0.717) is 0 Å². The van der Waals surface area contributed by atoms with Gasteiger partial charge in [0.1, 0.15) is 0 Å². The van der Waals surface area contributed by atoms with Crippen LogP contribution in [0.4, 0.5) is 13.2 Å². The molecule has 0 unspecified atom stereocenters. The highest BCUT2D eigenvalue weighted by molar-refractivity contribution is 7.88. The SMILES string of the molecule is CCOC(=O)c1ccc(C2(C)OCCO2)c(OS(=O)(=O)C(F)(F)F)c1. The summed E-state index contributed by atoms with van der Waals surface area (Å²) in [6.07, 6.45) is 0. The van der Waals surface area contributed by atoms with E-state index in [0.717, 1.165) is 6.07 Å². The quantitative estimate of drug-likeness (QED) is 0.437. The van der Waals surface area contributed by atoms with Crippen LogP contribution in [0.2, 0.25) is 0 Å². The van der Waals surface area contributed by atoms with Gasteiger partial charge in [0.25, 0.3) is 0 Å². The number of halogens is 3. The Labute approximate surface area is 141 Å². The van der Waals surface area contributed by atoms with Crippen molar-refractivity contribution < 1.29 is 44.8 Å². The summed E-state index contributed by atoms with van der Waals surface area (Å²) < 4.78 is 80.2. The molecule has 1 saturated heterocycles. The van der Waals surface area contributed by atoms with Crippen molar-refractivity contribution in [2.75, 3.05) is 19.8 Å². The van der Waals surface area contributed by atoms with Crippen LogP contribution in [0.15, 0.2) is 18.2 Å². The molecule has 25 heavy (non-hydrogen) atoms. The van der Waals surface area contributed by atoms with Crippen molar-refractivity contribution >= 4 is 16.1 Å². The van der Waals surface area contributed by atoms with Gasteiger partial charge in [-0.15, -0.1) is 0 Å². The molecular weight excluding hydrogens is 369 g/mol. The first-order valence-corrected chi connectivity index (χ1v) is 8.51. The van der Waals surface area contributed by atoms with Crippen LogP contribution in [0, 0.1) is 0 Å². The van der Waals surface area contributed by atoms with E-state index in [1.54, 1.807) is 6.92 Å². The maximum Gasteiger partial charge on any atom is 0.534 e. The Bertz CT molecular complexity index is 752. The number of rotatable bonds is 5. The zero-order valence-electron chi connectivity index (χ0n) is 13.3. The molecule has 1 aliphatic rings. The minimum atomic E-state index is -5.95. The summed E-state index contributed by atoms with van der Waals surface area (Å²) in [5.74, 6) is -3.09. The Hall–Kier alpha value is -1.85. The average molecular weight is 384 g/mol. The summed E-state index contributed by atoms with van der Waals surface area (Å²) in [7, 11) is -5.95. The minimum absolute atomic E-state index is 0.0293. The highest BCUT2D eigenvalue weighted by atomic mass is 32.2. The first kappa shape index (κ1) is 19.5. The maximum absolute atomic E-state index is 12.6. The van der Waals surface area contributed by atoms with Gasteiger partial charge in [-0.1, -0.05) is 0 Å². The Morgan fingerprint density at radius 1 is 1.28 bits per heavy atom. The van der Waals surface area contributed by atoms with Gasteiger partial charge in [0.2, 0.25) is 0 Å². The van der Waals surface area contributed by atoms with Gasteiger partial charge in [0.05, 0.1) is 30.9 Å². The summed E-state index contributed by atoms with van der Waals surface area (Å²) in [4.78, 5) is 11.8. The topological polar surface area (TPSA) is 88.1 Å². The Morgan fingerprint density at radius 3 is 2.40 bits per heavy atom. The van der Waals surface area contributed by atoms with E-state index in [1.807, 2.05) is 0 Å². The number of esters is 1. The van der Waals surface area contributed by atoms with Crippen LogP contribution in [-0.4, -0.2) is 39.7 Å². The first-order chi connectivity index (χ1) is 11.5. The molecule has 1 heterocycles. The molecule has 0 radical (unpaired) electrons. The first-order valence-electron chi connectivity index (χ1n) is 7.10. The van der Waals surface area contributed by atoms with Crippen LogP contribution in [0.1, 0.15) is 29.8 Å². The zero-order valence-corrected chi connectivity index (χ0v) is 14.1. The summed E-state index contributed by atoms with van der Waals surface area (Å²) in [5.41, 5.74) is -5.92. The predicted molar refractivity (Wildman–Crippen MR) is 77.3 cm³/mol. The molecule has 140 valence electrons. The van der Waals surface area contributed by atoms with E-state index in [1.165, 1.54) is 19.1 Å². The summed E-state index contributed by atoms with van der Waals surface area (Å²) in [6.45, 7) is 3.27. The molecule has 1 aromatic rings. The highest BCUT2D eigenvalue weighted by Crippen LogP contribution is 2.39. The van der Waals surface area contributed by atoms with E-state index >= 15 is 0 Å². The number of carbonyl (C=O) groups is 1. The fraction of sp³-hybridized carbons (Fsp3) is 0.500. The number of hydrogen-bond acceptors (Lipinski definition) is 7. The number of carbonyl (C=O) groups excluding carboxylic acids is 1. The molecule has 0 N–H and O–H groups in total. The third-order valence-corrected chi connectivity index (χ3v) is 4.27. The van der Waals surface area contributed by atoms with Crippen LogP contribution in [0.3, 0.4) is 0 Å². The van der Waals surface area contributed by atoms with Crippen LogP contribution < -0.4 is 4.18 Å². The van der Waals surface area contributed by atoms with Gasteiger partial charge in [0.15, 0.2) is 11.5 Å². The summed E-state index contributed by atoms with van der Waals surface area (Å²) in [6, 6.07) is 3.28. The van der Waals surface area contributed by atoms with Crippen LogP contribution in [0.25, 0.3) is 0 Å². The lowest BCUT2D eigenvalue weighted by atomic mass is 10.0. The summed E-state index contributed by atoms with van der Waals surface area (Å²) >= 11 is 0. The Balaban J connectivity index is 2.52. The molecule has 1 aromatic carbocycles. The molecule has 0 atom stereocenters. The second kappa shape index (κ2) is 6.81. The molecule has 0 saturated carbocycles. The molecular formula is C14H15F3O7S. The van der Waals surface area contributed by atoms with Gasteiger partial charge in [0, 0.05) is 0 Å². The van der Waals surface area contributed by atoms with Gasteiger partial charge in [-0.2, -0.15) is 21.6 Å². The standard InChI is InChI=1S/C14H15F3O7S/c1-3-21-12(18)9-4-5-10(13(2)22-6-7-23-13)11(8-9)24-25(19,20)14(15,16)17/h4-5,8H,3,6-7H2,1-2H3. The molecule has 2 rings (SSSR count). The number of ether oxygens (including phenoxy) is 3. The van der Waals surface area contributed by atoms with Crippen molar-refractivity contribution in [1.82, 2.24) is 0 Å². The van der Waals surface area contributed by atoms with E-state index < -0.39 is 33.1 Å². The average Bonchev–Trinajstić information content (AvgIpc) is 2.93. The molecule has 1 aliphatic heterocycles. The lowest BCUT2D eigenvalue weighted by Crippen LogP contribution is -2.30. The zero-order chi connectivity index (χ0) is 18.9. The van der Waals surface area contributed by atoms with Crippen molar-refractivity contribution in [3.05, 3.63) is 29.3 Å². The van der Waals surface area contributed by atoms with Gasteiger partial charge < -0.3 is 18.4 Å². The summed E-state index contributed by atoms with van der Waals surface area (Å²) in [5, 5.41) is 0. The number of alkyl halides is 3. The highest BCUT2D eigenvalue weighted by Gasteiger charge is 2.49. The molecule has 1 fully saturated rings. The van der Waals surface area contributed by atoms with E-state index in [9.17, 15) is 26.4 Å². The lowest BCUT2D eigenvalue weighted by molar-refractivity contribution is -0.150. The Morgan fingerprint density at radius 2 is 1.88 bits per heavy atom. The molecule has 11 heteroatoms. The van der Waals surface area contributed by atoms with Crippen molar-refractivity contribution in [2.45, 2.75) is 25.1 Å². The van der Waals surface area contributed by atoms with E-state index in [4.69, 9.17) is 14.2 Å². The van der Waals surface area contributed by atoms with E-state index in [2.05, 4.69) is 4.18 Å². The van der Waals surface area contributed by atoms with Crippen LogP contribution >= 0.6 is 0 Å². The van der Waals surface area contributed by atoms with Gasteiger partial charge >= 0.3 is 21.6 Å². The smallest absolute Gasteiger partial charge is 0.462 e. The molecule has 0 amide bonds. The lowest BCUT2D eigenvalue weighted by Gasteiger charge is -2.25. The van der Waals surface area contributed by atoms with Gasteiger partial charge in [-0.25, -0.2) is 4.79 Å². The van der Waals surface area contributed by atoms with Crippen molar-refractivity contribution in [3.63, 3.8) is 0 Å². The molecule has 7 nitrogen and oxygen atoms in total. The second-order valence-electron chi connectivity index (χ2n) is 5.06. The minimum Gasteiger partial charge on any atom is -0.462 e. The van der Waals surface area contributed by atoms with Gasteiger partial charge in [-0.05, 0) is 32.0 Å². The maximum atomic E-state index is 12.6. The van der Waals surface area contributed by atoms with Crippen molar-refractivity contribution in [2.24, 2.45) is 0 Å². The van der Waals surface area contributed by atoms with E-state index in [-0.39, 0.29) is 30.9 Å². The Kier molecular flexibility index (Phi) is 5.30. The fourth-order valence-corrected chi connectivity index (χ4v) is 2.61. The monoisotopic (exact) mass is 384 g/mol. The normalized spacial score (nSPS) is 17.3. The molecule has 0 bridgehead atoms.